The molecule has 9 heteroatoms. The van der Waals surface area contributed by atoms with Crippen LogP contribution in [-0.4, -0.2) is 47.2 Å². The van der Waals surface area contributed by atoms with E-state index in [9.17, 15) is 13.2 Å². The third-order valence-corrected chi connectivity index (χ3v) is 11.2. The largest absolute Gasteiger partial charge is 0.490 e. The van der Waals surface area contributed by atoms with Crippen LogP contribution in [0.5, 0.6) is 5.75 Å². The topological polar surface area (TPSA) is 84.9 Å². The van der Waals surface area contributed by atoms with Crippen LogP contribution < -0.4 is 14.4 Å². The van der Waals surface area contributed by atoms with E-state index in [1.807, 2.05) is 13.0 Å². The summed E-state index contributed by atoms with van der Waals surface area (Å²) in [5.41, 5.74) is 3.04. The van der Waals surface area contributed by atoms with Crippen molar-refractivity contribution in [3.05, 3.63) is 64.7 Å². The fraction of sp³-hybridized carbons (Fsp3) is 0.531. The van der Waals surface area contributed by atoms with Gasteiger partial charge in [0.05, 0.1) is 23.3 Å². The summed E-state index contributed by atoms with van der Waals surface area (Å²) < 4.78 is 41.5. The molecule has 2 aromatic carbocycles. The summed E-state index contributed by atoms with van der Waals surface area (Å²) >= 11 is 6.39. The third kappa shape index (κ3) is 5.63. The highest BCUT2D eigenvalue weighted by atomic mass is 35.5. The Morgan fingerprint density at radius 2 is 2.02 bits per heavy atom. The molecule has 1 fully saturated rings. The number of amides is 1. The SMILES string of the molecule is CO[C@@H]1/C=C\C[C@H](C)CC(=O)NS(=O)(=O)c2ccc3c(c2)N(C[C@@H]2CC[C@H]21)C[C@@]1(CCCc2cc(Cl)ccc21)CO3. The maximum Gasteiger partial charge on any atom is 0.264 e. The number of carbonyl (C=O) groups is 1. The molecule has 0 saturated heterocycles. The van der Waals surface area contributed by atoms with Crippen LogP contribution in [-0.2, 0) is 31.4 Å². The molecule has 0 radical (unpaired) electrons. The minimum atomic E-state index is -4.04. The summed E-state index contributed by atoms with van der Waals surface area (Å²) in [7, 11) is -2.27. The summed E-state index contributed by atoms with van der Waals surface area (Å²) in [5.74, 6) is 0.938. The van der Waals surface area contributed by atoms with Gasteiger partial charge in [0.15, 0.2) is 0 Å². The van der Waals surface area contributed by atoms with E-state index in [1.54, 1.807) is 25.3 Å². The molecule has 220 valence electrons. The molecule has 2 heterocycles. The van der Waals surface area contributed by atoms with E-state index >= 15 is 0 Å². The molecule has 2 bridgehead atoms. The fourth-order valence-corrected chi connectivity index (χ4v) is 8.50. The standard InChI is InChI=1S/C32H39ClN2O5S/c1-21-5-3-7-29(39-2)26-11-8-23(26)18-35-19-32(14-4-6-22-16-24(33)9-12-27(22)32)20-40-30-13-10-25(17-28(30)35)41(37,38)34-31(36)15-21/h3,7,9-10,12-13,16-17,21,23,26,29H,4-6,8,11,14-15,18-20H2,1-2H3,(H,34,36)/b7-3-/t21-,23-,26+,29+,32-/m0/s1. The molecular weight excluding hydrogens is 560 g/mol. The lowest BCUT2D eigenvalue weighted by molar-refractivity contribution is -0.120. The lowest BCUT2D eigenvalue weighted by Gasteiger charge is -2.46. The number of aryl methyl sites for hydroxylation is 1. The number of carbonyl (C=O) groups excluding carboxylic acids is 1. The molecule has 0 unspecified atom stereocenters. The lowest BCUT2D eigenvalue weighted by atomic mass is 9.68. The van der Waals surface area contributed by atoms with Gasteiger partial charge in [0, 0.05) is 37.1 Å². The number of benzene rings is 2. The number of nitrogens with one attached hydrogen (secondary N) is 1. The molecular formula is C32H39ClN2O5S. The highest BCUT2D eigenvalue weighted by molar-refractivity contribution is 7.90. The summed E-state index contributed by atoms with van der Waals surface area (Å²) in [4.78, 5) is 15.1. The van der Waals surface area contributed by atoms with Crippen molar-refractivity contribution in [2.45, 2.75) is 68.3 Å². The first-order valence-electron chi connectivity index (χ1n) is 14.7. The zero-order chi connectivity index (χ0) is 28.8. The number of hydrogen-bond acceptors (Lipinski definition) is 6. The van der Waals surface area contributed by atoms with Crippen molar-refractivity contribution in [2.75, 3.05) is 31.7 Å². The van der Waals surface area contributed by atoms with Crippen LogP contribution in [0.25, 0.3) is 0 Å². The molecule has 2 aliphatic heterocycles. The Hall–Kier alpha value is -2.55. The second-order valence-corrected chi connectivity index (χ2v) is 14.6. The Morgan fingerprint density at radius 3 is 2.80 bits per heavy atom. The van der Waals surface area contributed by atoms with Gasteiger partial charge < -0.3 is 14.4 Å². The number of halogens is 1. The average Bonchev–Trinajstić information content (AvgIpc) is 3.06. The van der Waals surface area contributed by atoms with Gasteiger partial charge in [0.1, 0.15) is 5.75 Å². The molecule has 41 heavy (non-hydrogen) atoms. The predicted molar refractivity (Wildman–Crippen MR) is 160 cm³/mol. The smallest absolute Gasteiger partial charge is 0.264 e. The number of sulfonamides is 1. The van der Waals surface area contributed by atoms with Crippen molar-refractivity contribution < 1.29 is 22.7 Å². The van der Waals surface area contributed by atoms with Crippen LogP contribution in [0.3, 0.4) is 0 Å². The number of allylic oxidation sites excluding steroid dienone is 1. The van der Waals surface area contributed by atoms with E-state index in [0.717, 1.165) is 49.4 Å². The van der Waals surface area contributed by atoms with Crippen molar-refractivity contribution in [3.63, 3.8) is 0 Å². The summed E-state index contributed by atoms with van der Waals surface area (Å²) in [6.45, 7) is 3.94. The van der Waals surface area contributed by atoms with E-state index in [2.05, 4.69) is 33.9 Å². The number of hydrogen-bond donors (Lipinski definition) is 1. The number of nitrogens with zero attached hydrogens (tertiary/aromatic N) is 1. The highest BCUT2D eigenvalue weighted by Gasteiger charge is 2.44. The molecule has 2 aromatic rings. The van der Waals surface area contributed by atoms with Crippen molar-refractivity contribution in [1.82, 2.24) is 4.72 Å². The second-order valence-electron chi connectivity index (χ2n) is 12.4. The Labute approximate surface area is 248 Å². The molecule has 1 N–H and O–H groups in total. The average molecular weight is 599 g/mol. The Balaban J connectivity index is 1.43. The van der Waals surface area contributed by atoms with Gasteiger partial charge in [-0.05, 0) is 97.7 Å². The van der Waals surface area contributed by atoms with Gasteiger partial charge in [-0.3, -0.25) is 4.79 Å². The molecule has 7 nitrogen and oxygen atoms in total. The molecule has 1 amide bonds. The summed E-state index contributed by atoms with van der Waals surface area (Å²) in [6, 6.07) is 11.2. The fourth-order valence-electron chi connectivity index (χ4n) is 7.29. The quantitative estimate of drug-likeness (QED) is 0.427. The van der Waals surface area contributed by atoms with Crippen LogP contribution >= 0.6 is 11.6 Å². The third-order valence-electron chi connectivity index (χ3n) is 9.59. The maximum absolute atomic E-state index is 13.4. The van der Waals surface area contributed by atoms with Crippen molar-refractivity contribution in [3.8, 4) is 5.75 Å². The van der Waals surface area contributed by atoms with Crippen molar-refractivity contribution >= 4 is 33.2 Å². The normalized spacial score (nSPS) is 32.0. The van der Waals surface area contributed by atoms with Gasteiger partial charge in [-0.15, -0.1) is 0 Å². The first-order valence-corrected chi connectivity index (χ1v) is 16.6. The van der Waals surface area contributed by atoms with Crippen LogP contribution in [0, 0.1) is 17.8 Å². The first-order chi connectivity index (χ1) is 19.7. The number of anilines is 1. The molecule has 4 aliphatic rings. The van der Waals surface area contributed by atoms with Crippen LogP contribution in [0.2, 0.25) is 5.02 Å². The number of fused-ring (bicyclic) bond motifs is 4. The lowest BCUT2D eigenvalue weighted by Crippen LogP contribution is -2.49. The van der Waals surface area contributed by atoms with Gasteiger partial charge in [-0.2, -0.15) is 0 Å². The molecule has 1 saturated carbocycles. The molecule has 0 aromatic heterocycles. The first kappa shape index (κ1) is 28.6. The minimum absolute atomic E-state index is 0.00333. The van der Waals surface area contributed by atoms with Gasteiger partial charge in [-0.1, -0.05) is 36.7 Å². The van der Waals surface area contributed by atoms with Crippen LogP contribution in [0.15, 0.2) is 53.4 Å². The van der Waals surface area contributed by atoms with Gasteiger partial charge >= 0.3 is 0 Å². The second kappa shape index (κ2) is 11.3. The Morgan fingerprint density at radius 1 is 1.17 bits per heavy atom. The molecule has 2 aliphatic carbocycles. The van der Waals surface area contributed by atoms with Crippen LogP contribution in [0.4, 0.5) is 5.69 Å². The zero-order valence-electron chi connectivity index (χ0n) is 23.8. The van der Waals surface area contributed by atoms with Crippen molar-refractivity contribution in [1.29, 1.82) is 0 Å². The van der Waals surface area contributed by atoms with E-state index in [4.69, 9.17) is 21.1 Å². The Bertz CT molecular complexity index is 1460. The van der Waals surface area contributed by atoms with Gasteiger partial charge in [0.25, 0.3) is 10.0 Å². The molecule has 6 rings (SSSR count). The van der Waals surface area contributed by atoms with Gasteiger partial charge in [0.2, 0.25) is 5.91 Å². The summed E-state index contributed by atoms with van der Waals surface area (Å²) in [6.07, 6.45) is 10.2. The van der Waals surface area contributed by atoms with E-state index in [0.29, 0.717) is 37.2 Å². The molecule has 5 atom stereocenters. The Kier molecular flexibility index (Phi) is 7.85. The maximum atomic E-state index is 13.4. The number of rotatable bonds is 1. The molecule has 1 spiro atoms. The number of ether oxygens (including phenoxy) is 2. The van der Waals surface area contributed by atoms with E-state index in [-0.39, 0.29) is 28.8 Å². The van der Waals surface area contributed by atoms with Crippen LogP contribution in [0.1, 0.15) is 56.6 Å². The summed E-state index contributed by atoms with van der Waals surface area (Å²) in [5, 5.41) is 0.742. The zero-order valence-corrected chi connectivity index (χ0v) is 25.3. The highest BCUT2D eigenvalue weighted by Crippen LogP contribution is 2.47. The predicted octanol–water partition coefficient (Wildman–Crippen LogP) is 5.65. The monoisotopic (exact) mass is 598 g/mol. The van der Waals surface area contributed by atoms with Gasteiger partial charge in [-0.25, -0.2) is 13.1 Å². The van der Waals surface area contributed by atoms with E-state index in [1.165, 1.54) is 11.1 Å². The van der Waals surface area contributed by atoms with Crippen molar-refractivity contribution in [2.24, 2.45) is 17.8 Å². The van der Waals surface area contributed by atoms with E-state index < -0.39 is 15.9 Å². The minimum Gasteiger partial charge on any atom is -0.490 e. The number of methoxy groups -OCH3 is 1.